The van der Waals surface area contributed by atoms with Crippen molar-refractivity contribution in [1.82, 2.24) is 0 Å². The van der Waals surface area contributed by atoms with Gasteiger partial charge in [-0.25, -0.2) is 0 Å². The standard InChI is InChI=1S/C6H18Si2/c1-3-5-6(4-2)8-7/h6H,3-5,8H2,1-2,7H3. The van der Waals surface area contributed by atoms with E-state index in [1.54, 1.807) is 0 Å². The Kier molecular flexibility index (Phi) is 5.87. The van der Waals surface area contributed by atoms with E-state index in [0.29, 0.717) is 9.04 Å². The lowest BCUT2D eigenvalue weighted by molar-refractivity contribution is 0.698. The molecule has 0 aromatic heterocycles. The summed E-state index contributed by atoms with van der Waals surface area (Å²) in [5.74, 6) is 0. The Morgan fingerprint density at radius 2 is 2.12 bits per heavy atom. The van der Waals surface area contributed by atoms with Crippen molar-refractivity contribution in [2.45, 2.75) is 38.7 Å². The summed E-state index contributed by atoms with van der Waals surface area (Å²) in [6.07, 6.45) is 4.39. The van der Waals surface area contributed by atoms with Crippen LogP contribution in [0.15, 0.2) is 0 Å². The molecule has 0 saturated heterocycles. The van der Waals surface area contributed by atoms with E-state index in [4.69, 9.17) is 0 Å². The SMILES string of the molecule is CCCC(CC)[SiH2][SiH3]. The van der Waals surface area contributed by atoms with Crippen LogP contribution >= 0.6 is 0 Å². The van der Waals surface area contributed by atoms with Crippen molar-refractivity contribution in [2.24, 2.45) is 0 Å². The smallest absolute Gasteiger partial charge is 0.00793 e. The van der Waals surface area contributed by atoms with Gasteiger partial charge in [0.2, 0.25) is 0 Å². The van der Waals surface area contributed by atoms with E-state index >= 15 is 0 Å². The maximum absolute atomic E-state index is 2.34. The first-order valence-corrected chi connectivity index (χ1v) is 10.3. The molecule has 0 aromatic rings. The zero-order valence-corrected chi connectivity index (χ0v) is 9.82. The van der Waals surface area contributed by atoms with E-state index in [1.165, 1.54) is 34.6 Å². The highest BCUT2D eigenvalue weighted by Crippen LogP contribution is 2.13. The van der Waals surface area contributed by atoms with Crippen LogP contribution < -0.4 is 0 Å². The molecule has 0 aliphatic carbocycles. The monoisotopic (exact) mass is 146 g/mol. The lowest BCUT2D eigenvalue weighted by Gasteiger charge is -2.07. The lowest BCUT2D eigenvalue weighted by Crippen LogP contribution is -2.01. The van der Waals surface area contributed by atoms with Gasteiger partial charge >= 0.3 is 0 Å². The van der Waals surface area contributed by atoms with Crippen LogP contribution in [0, 0.1) is 0 Å². The van der Waals surface area contributed by atoms with Gasteiger partial charge in [-0.05, 0) is 9.76 Å². The van der Waals surface area contributed by atoms with Crippen molar-refractivity contribution < 1.29 is 0 Å². The molecule has 50 valence electrons. The molecule has 0 amide bonds. The van der Waals surface area contributed by atoms with E-state index < -0.39 is 0 Å². The average Bonchev–Trinajstić information content (AvgIpc) is 1.83. The van der Waals surface area contributed by atoms with Crippen LogP contribution in [0.1, 0.15) is 33.1 Å². The van der Waals surface area contributed by atoms with E-state index in [-0.39, 0.29) is 0 Å². The van der Waals surface area contributed by atoms with E-state index in [0.717, 1.165) is 0 Å². The van der Waals surface area contributed by atoms with E-state index in [2.05, 4.69) is 13.8 Å². The molecule has 0 nitrogen and oxygen atoms in total. The summed E-state index contributed by atoms with van der Waals surface area (Å²) < 4.78 is 0. The Morgan fingerprint density at radius 3 is 2.25 bits per heavy atom. The van der Waals surface area contributed by atoms with Gasteiger partial charge in [-0.3, -0.25) is 0 Å². The summed E-state index contributed by atoms with van der Waals surface area (Å²) in [5, 5.41) is 0. The molecule has 0 aliphatic heterocycles. The molecule has 2 heteroatoms. The van der Waals surface area contributed by atoms with Gasteiger partial charge in [-0.1, -0.05) is 38.7 Å². The quantitative estimate of drug-likeness (QED) is 0.505. The van der Waals surface area contributed by atoms with Crippen molar-refractivity contribution in [3.05, 3.63) is 0 Å². The van der Waals surface area contributed by atoms with Crippen LogP contribution in [0.5, 0.6) is 0 Å². The minimum Gasteiger partial charge on any atom is -0.0654 e. The molecule has 8 heavy (non-hydrogen) atoms. The number of hydrogen-bond acceptors (Lipinski definition) is 0. The summed E-state index contributed by atoms with van der Waals surface area (Å²) in [4.78, 5) is 0. The summed E-state index contributed by atoms with van der Waals surface area (Å²) in [6, 6.07) is 0. The first-order chi connectivity index (χ1) is 3.85. The fourth-order valence-electron chi connectivity index (χ4n) is 1.11. The largest absolute Gasteiger partial charge is 0.0654 e. The topological polar surface area (TPSA) is 0 Å². The predicted molar refractivity (Wildman–Crippen MR) is 47.4 cm³/mol. The van der Waals surface area contributed by atoms with Gasteiger partial charge < -0.3 is 0 Å². The molecule has 1 unspecified atom stereocenters. The maximum atomic E-state index is 2.34. The second-order valence-corrected chi connectivity index (χ2v) is 6.89. The fraction of sp³-hybridized carbons (Fsp3) is 1.00. The van der Waals surface area contributed by atoms with Gasteiger partial charge in [-0.15, -0.1) is 0 Å². The van der Waals surface area contributed by atoms with Crippen LogP contribution in [0.2, 0.25) is 5.54 Å². The highest BCUT2D eigenvalue weighted by Gasteiger charge is 1.99. The van der Waals surface area contributed by atoms with Crippen molar-refractivity contribution in [2.75, 3.05) is 0 Å². The van der Waals surface area contributed by atoms with Gasteiger partial charge in [0.15, 0.2) is 0 Å². The van der Waals surface area contributed by atoms with E-state index in [9.17, 15) is 0 Å². The van der Waals surface area contributed by atoms with Crippen LogP contribution in [0.3, 0.4) is 0 Å². The highest BCUT2D eigenvalue weighted by molar-refractivity contribution is 6.90. The van der Waals surface area contributed by atoms with Gasteiger partial charge in [0, 0.05) is 9.04 Å². The Bertz CT molecular complexity index is 41.8. The lowest BCUT2D eigenvalue weighted by atomic mass is 10.2. The maximum Gasteiger partial charge on any atom is 0.00793 e. The van der Waals surface area contributed by atoms with E-state index in [1.807, 2.05) is 0 Å². The molecule has 0 heterocycles. The second-order valence-electron chi connectivity index (χ2n) is 2.47. The molecule has 0 aliphatic rings. The third kappa shape index (κ3) is 3.44. The first-order valence-electron chi connectivity index (χ1n) is 3.85. The minimum atomic E-state index is 0.456. The summed E-state index contributed by atoms with van der Waals surface area (Å²) in [5.41, 5.74) is 1.20. The highest BCUT2D eigenvalue weighted by atomic mass is 29.1. The second kappa shape index (κ2) is 5.57. The molecule has 0 saturated carbocycles. The van der Waals surface area contributed by atoms with Crippen molar-refractivity contribution in [1.29, 1.82) is 0 Å². The molecule has 0 N–H and O–H groups in total. The Hall–Kier alpha value is 0.434. The van der Waals surface area contributed by atoms with Gasteiger partial charge in [0.1, 0.15) is 0 Å². The Labute approximate surface area is 58.1 Å². The van der Waals surface area contributed by atoms with Gasteiger partial charge in [-0.2, -0.15) is 0 Å². The van der Waals surface area contributed by atoms with Crippen LogP contribution in [-0.2, 0) is 0 Å². The van der Waals surface area contributed by atoms with Crippen molar-refractivity contribution >= 4 is 18.8 Å². The third-order valence-electron chi connectivity index (χ3n) is 1.85. The molecule has 0 rings (SSSR count). The van der Waals surface area contributed by atoms with Gasteiger partial charge in [0.05, 0.1) is 0 Å². The molecule has 0 radical (unpaired) electrons. The Balaban J connectivity index is 3.07. The number of hydrogen-bond donors (Lipinski definition) is 0. The molecule has 0 bridgehead atoms. The molecular formula is C6H18Si2. The van der Waals surface area contributed by atoms with Crippen LogP contribution in [-0.4, -0.2) is 18.8 Å². The van der Waals surface area contributed by atoms with Crippen molar-refractivity contribution in [3.8, 4) is 0 Å². The molecule has 0 aromatic carbocycles. The fourth-order valence-corrected chi connectivity index (χ4v) is 5.46. The molecule has 1 atom stereocenters. The number of rotatable bonds is 4. The predicted octanol–water partition coefficient (Wildman–Crippen LogP) is 0.434. The van der Waals surface area contributed by atoms with Crippen LogP contribution in [0.4, 0.5) is 0 Å². The summed E-state index contributed by atoms with van der Waals surface area (Å²) >= 11 is 0. The third-order valence-corrected chi connectivity index (χ3v) is 7.46. The van der Waals surface area contributed by atoms with Crippen LogP contribution in [0.25, 0.3) is 0 Å². The zero-order chi connectivity index (χ0) is 6.41. The Morgan fingerprint density at radius 1 is 1.50 bits per heavy atom. The molecular weight excluding hydrogens is 128 g/mol. The van der Waals surface area contributed by atoms with Crippen molar-refractivity contribution in [3.63, 3.8) is 0 Å². The normalized spacial score (nSPS) is 15.8. The summed E-state index contributed by atoms with van der Waals surface area (Å²) in [7, 11) is 1.99. The average molecular weight is 146 g/mol. The zero-order valence-electron chi connectivity index (χ0n) is 6.41. The molecule has 0 spiro atoms. The summed E-state index contributed by atoms with van der Waals surface area (Å²) in [6.45, 7) is 4.64. The molecule has 0 fully saturated rings. The van der Waals surface area contributed by atoms with Gasteiger partial charge in [0.25, 0.3) is 0 Å². The first kappa shape index (κ1) is 8.43. The minimum absolute atomic E-state index is 0.456.